The Morgan fingerprint density at radius 3 is 2.71 bits per heavy atom. The minimum atomic E-state index is 0.356. The molecule has 1 aliphatic rings. The summed E-state index contributed by atoms with van der Waals surface area (Å²) in [6.07, 6.45) is 2.43. The maximum absolute atomic E-state index is 6.10. The highest BCUT2D eigenvalue weighted by Crippen LogP contribution is 2.33. The maximum Gasteiger partial charge on any atom is 0.225 e. The molecule has 0 spiro atoms. The number of nitrogens with zero attached hydrogens (tertiary/aromatic N) is 4. The molecule has 1 fully saturated rings. The van der Waals surface area contributed by atoms with Crippen molar-refractivity contribution < 1.29 is 0 Å². The molecule has 0 aromatic carbocycles. The van der Waals surface area contributed by atoms with Gasteiger partial charge in [-0.1, -0.05) is 0 Å². The standard InChI is InChI=1S/C15H21ClN4S/c1-10-8-12-13(17-15(16)18-14(12)21-10)20-6-4-11(5-7-20)9-19(2)3/h8,11H,4-7,9H2,1-3H3. The van der Waals surface area contributed by atoms with Gasteiger partial charge in [-0.3, -0.25) is 0 Å². The van der Waals surface area contributed by atoms with Crippen molar-refractivity contribution in [2.24, 2.45) is 5.92 Å². The van der Waals surface area contributed by atoms with Gasteiger partial charge in [0.25, 0.3) is 0 Å². The summed E-state index contributed by atoms with van der Waals surface area (Å²) in [6, 6.07) is 2.18. The lowest BCUT2D eigenvalue weighted by Crippen LogP contribution is -2.37. The van der Waals surface area contributed by atoms with Gasteiger partial charge < -0.3 is 9.80 Å². The van der Waals surface area contributed by atoms with Crippen LogP contribution in [0.15, 0.2) is 6.07 Å². The summed E-state index contributed by atoms with van der Waals surface area (Å²) >= 11 is 7.79. The third kappa shape index (κ3) is 3.30. The Bertz CT molecular complexity index is 632. The SMILES string of the molecule is Cc1cc2c(N3CCC(CN(C)C)CC3)nc(Cl)nc2s1. The quantitative estimate of drug-likeness (QED) is 0.810. The molecule has 2 aromatic heterocycles. The Labute approximate surface area is 134 Å². The van der Waals surface area contributed by atoms with Gasteiger partial charge in [-0.15, -0.1) is 11.3 Å². The van der Waals surface area contributed by atoms with Crippen molar-refractivity contribution in [3.05, 3.63) is 16.2 Å². The number of fused-ring (bicyclic) bond motifs is 1. The van der Waals surface area contributed by atoms with Gasteiger partial charge in [0.05, 0.1) is 5.39 Å². The van der Waals surface area contributed by atoms with Gasteiger partial charge in [-0.25, -0.2) is 4.98 Å². The van der Waals surface area contributed by atoms with Gasteiger partial charge in [0, 0.05) is 24.5 Å². The summed E-state index contributed by atoms with van der Waals surface area (Å²) in [5.41, 5.74) is 0. The second-order valence-corrected chi connectivity index (χ2v) is 7.66. The van der Waals surface area contributed by atoms with Crippen LogP contribution in [0.2, 0.25) is 5.28 Å². The average Bonchev–Trinajstić information content (AvgIpc) is 2.78. The molecule has 114 valence electrons. The lowest BCUT2D eigenvalue weighted by Gasteiger charge is -2.34. The topological polar surface area (TPSA) is 32.3 Å². The van der Waals surface area contributed by atoms with E-state index in [2.05, 4.69) is 46.9 Å². The Morgan fingerprint density at radius 2 is 2.05 bits per heavy atom. The molecule has 0 atom stereocenters. The van der Waals surface area contributed by atoms with E-state index in [4.69, 9.17) is 11.6 Å². The lowest BCUT2D eigenvalue weighted by molar-refractivity contribution is 0.285. The van der Waals surface area contributed by atoms with Crippen molar-refractivity contribution in [2.45, 2.75) is 19.8 Å². The molecular weight excluding hydrogens is 304 g/mol. The normalized spacial score (nSPS) is 17.1. The van der Waals surface area contributed by atoms with Gasteiger partial charge in [0.15, 0.2) is 0 Å². The molecule has 1 aliphatic heterocycles. The molecular formula is C15H21ClN4S. The molecule has 0 bridgehead atoms. The fourth-order valence-electron chi connectivity index (χ4n) is 3.09. The molecule has 2 aromatic rings. The maximum atomic E-state index is 6.10. The van der Waals surface area contributed by atoms with Crippen LogP contribution in [-0.2, 0) is 0 Å². The number of aromatic nitrogens is 2. The minimum absolute atomic E-state index is 0.356. The number of rotatable bonds is 3. The fourth-order valence-corrected chi connectivity index (χ4v) is 4.18. The number of anilines is 1. The molecule has 21 heavy (non-hydrogen) atoms. The smallest absolute Gasteiger partial charge is 0.225 e. The monoisotopic (exact) mass is 324 g/mol. The predicted molar refractivity (Wildman–Crippen MR) is 90.7 cm³/mol. The first-order valence-electron chi connectivity index (χ1n) is 7.36. The molecule has 4 nitrogen and oxygen atoms in total. The number of piperidine rings is 1. The van der Waals surface area contributed by atoms with Crippen molar-refractivity contribution in [1.82, 2.24) is 14.9 Å². The molecule has 3 heterocycles. The van der Waals surface area contributed by atoms with Crippen LogP contribution >= 0.6 is 22.9 Å². The number of aryl methyl sites for hydroxylation is 1. The largest absolute Gasteiger partial charge is 0.356 e. The molecule has 0 unspecified atom stereocenters. The van der Waals surface area contributed by atoms with Crippen LogP contribution in [-0.4, -0.2) is 48.6 Å². The zero-order valence-corrected chi connectivity index (χ0v) is 14.3. The first-order chi connectivity index (χ1) is 10.0. The van der Waals surface area contributed by atoms with Gasteiger partial charge >= 0.3 is 0 Å². The fraction of sp³-hybridized carbons (Fsp3) is 0.600. The Hall–Kier alpha value is -0.910. The number of thiophene rings is 1. The van der Waals surface area contributed by atoms with Crippen LogP contribution in [0.1, 0.15) is 17.7 Å². The van der Waals surface area contributed by atoms with Crippen molar-refractivity contribution in [1.29, 1.82) is 0 Å². The van der Waals surface area contributed by atoms with E-state index in [1.165, 1.54) is 24.3 Å². The molecule has 0 amide bonds. The van der Waals surface area contributed by atoms with Gasteiger partial charge in [-0.2, -0.15) is 4.98 Å². The summed E-state index contributed by atoms with van der Waals surface area (Å²) in [5, 5.41) is 1.50. The van der Waals surface area contributed by atoms with E-state index in [-0.39, 0.29) is 0 Å². The first-order valence-corrected chi connectivity index (χ1v) is 8.55. The highest BCUT2D eigenvalue weighted by molar-refractivity contribution is 7.18. The number of hydrogen-bond acceptors (Lipinski definition) is 5. The third-order valence-corrected chi connectivity index (χ3v) is 5.12. The summed E-state index contributed by atoms with van der Waals surface area (Å²) < 4.78 is 0. The summed E-state index contributed by atoms with van der Waals surface area (Å²) in [5.74, 6) is 1.80. The highest BCUT2D eigenvalue weighted by Gasteiger charge is 2.23. The van der Waals surface area contributed by atoms with Crippen molar-refractivity contribution in [3.8, 4) is 0 Å². The second kappa shape index (κ2) is 6.07. The van der Waals surface area contributed by atoms with E-state index in [1.54, 1.807) is 11.3 Å². The Kier molecular flexibility index (Phi) is 4.33. The van der Waals surface area contributed by atoms with Gasteiger partial charge in [0.1, 0.15) is 10.6 Å². The molecule has 6 heteroatoms. The van der Waals surface area contributed by atoms with Crippen molar-refractivity contribution in [2.75, 3.05) is 38.6 Å². The highest BCUT2D eigenvalue weighted by atomic mass is 35.5. The van der Waals surface area contributed by atoms with E-state index >= 15 is 0 Å². The molecule has 0 N–H and O–H groups in total. The van der Waals surface area contributed by atoms with E-state index in [1.807, 2.05) is 0 Å². The second-order valence-electron chi connectivity index (χ2n) is 6.08. The minimum Gasteiger partial charge on any atom is -0.356 e. The van der Waals surface area contributed by atoms with Crippen molar-refractivity contribution >= 4 is 39.0 Å². The third-order valence-electron chi connectivity index (χ3n) is 4.01. The van der Waals surface area contributed by atoms with Crippen molar-refractivity contribution in [3.63, 3.8) is 0 Å². The number of halogens is 1. The lowest BCUT2D eigenvalue weighted by atomic mass is 9.96. The van der Waals surface area contributed by atoms with E-state index in [9.17, 15) is 0 Å². The molecule has 0 aliphatic carbocycles. The summed E-state index contributed by atoms with van der Waals surface area (Å²) in [6.45, 7) is 5.38. The average molecular weight is 325 g/mol. The van der Waals surface area contributed by atoms with Crippen LogP contribution < -0.4 is 4.90 Å². The van der Waals surface area contributed by atoms with Crippen LogP contribution in [0.4, 0.5) is 5.82 Å². The summed E-state index contributed by atoms with van der Waals surface area (Å²) in [7, 11) is 4.29. The predicted octanol–water partition coefficient (Wildman–Crippen LogP) is 3.43. The summed E-state index contributed by atoms with van der Waals surface area (Å²) in [4.78, 5) is 15.7. The van der Waals surface area contributed by atoms with Crippen LogP contribution in [0.5, 0.6) is 0 Å². The van der Waals surface area contributed by atoms with Gasteiger partial charge in [0.2, 0.25) is 5.28 Å². The Morgan fingerprint density at radius 1 is 1.33 bits per heavy atom. The van der Waals surface area contributed by atoms with Crippen LogP contribution in [0.3, 0.4) is 0 Å². The number of hydrogen-bond donors (Lipinski definition) is 0. The Balaban J connectivity index is 1.82. The molecule has 0 radical (unpaired) electrons. The van der Waals surface area contributed by atoms with Crippen LogP contribution in [0, 0.1) is 12.8 Å². The molecule has 0 saturated carbocycles. The van der Waals surface area contributed by atoms with E-state index in [0.29, 0.717) is 5.28 Å². The van der Waals surface area contributed by atoms with E-state index in [0.717, 1.165) is 35.0 Å². The molecule has 3 rings (SSSR count). The van der Waals surface area contributed by atoms with E-state index < -0.39 is 0 Å². The van der Waals surface area contributed by atoms with Gasteiger partial charge in [-0.05, 0) is 57.4 Å². The van der Waals surface area contributed by atoms with Crippen LogP contribution in [0.25, 0.3) is 10.2 Å². The zero-order valence-electron chi connectivity index (χ0n) is 12.8. The zero-order chi connectivity index (χ0) is 15.0. The molecule has 1 saturated heterocycles. The first kappa shape index (κ1) is 15.0.